The molecule has 0 unspecified atom stereocenters. The summed E-state index contributed by atoms with van der Waals surface area (Å²) in [5.74, 6) is 0. The van der Waals surface area contributed by atoms with Gasteiger partial charge in [0.1, 0.15) is 0 Å². The minimum absolute atomic E-state index is 0.121. The van der Waals surface area contributed by atoms with Crippen LogP contribution in [-0.2, 0) is 20.2 Å². The number of para-hydroxylation sites is 2. The van der Waals surface area contributed by atoms with Crippen LogP contribution < -0.4 is 9.62 Å². The molecular weight excluding hydrogens is 360 g/mol. The molecule has 0 saturated carbocycles. The standard InChI is InChI=1S/C21H28N2O3S/c1-16-9-10-17(21(2,3)4)15-20(16)27(24,25)22-18-7-5-6-8-19(18)23-11-13-26-14-12-23/h5-10,15,22H,11-14H2,1-4H3. The molecule has 5 nitrogen and oxygen atoms in total. The normalized spacial score (nSPS) is 15.6. The fraction of sp³-hybridized carbons (Fsp3) is 0.429. The second-order valence-corrected chi connectivity index (χ2v) is 9.60. The van der Waals surface area contributed by atoms with Gasteiger partial charge in [0.25, 0.3) is 10.0 Å². The van der Waals surface area contributed by atoms with Gasteiger partial charge in [-0.25, -0.2) is 8.42 Å². The Hall–Kier alpha value is -2.05. The molecule has 0 bridgehead atoms. The molecule has 27 heavy (non-hydrogen) atoms. The number of hydrogen-bond acceptors (Lipinski definition) is 4. The van der Waals surface area contributed by atoms with Crippen LogP contribution in [-0.4, -0.2) is 34.7 Å². The van der Waals surface area contributed by atoms with E-state index in [0.29, 0.717) is 23.8 Å². The van der Waals surface area contributed by atoms with Crippen LogP contribution in [0.25, 0.3) is 0 Å². The Balaban J connectivity index is 1.96. The van der Waals surface area contributed by atoms with Crippen LogP contribution in [0.2, 0.25) is 0 Å². The number of aryl methyl sites for hydroxylation is 1. The van der Waals surface area contributed by atoms with Gasteiger partial charge in [-0.1, -0.05) is 45.0 Å². The van der Waals surface area contributed by atoms with Gasteiger partial charge in [-0.05, 0) is 41.7 Å². The fourth-order valence-corrected chi connectivity index (χ4v) is 4.54. The molecular formula is C21H28N2O3S. The highest BCUT2D eigenvalue weighted by Crippen LogP contribution is 2.31. The number of rotatable bonds is 4. The third kappa shape index (κ3) is 4.45. The molecule has 0 spiro atoms. The first-order valence-corrected chi connectivity index (χ1v) is 10.7. The highest BCUT2D eigenvalue weighted by atomic mass is 32.2. The molecule has 1 aliphatic rings. The summed E-state index contributed by atoms with van der Waals surface area (Å²) in [5, 5.41) is 0. The maximum absolute atomic E-state index is 13.2. The second kappa shape index (κ2) is 7.52. The van der Waals surface area contributed by atoms with E-state index in [2.05, 4.69) is 30.4 Å². The number of morpholine rings is 1. The first-order valence-electron chi connectivity index (χ1n) is 9.24. The van der Waals surface area contributed by atoms with Crippen molar-refractivity contribution in [2.45, 2.75) is 38.0 Å². The molecule has 1 fully saturated rings. The van der Waals surface area contributed by atoms with E-state index in [1.165, 1.54) is 0 Å². The lowest BCUT2D eigenvalue weighted by Gasteiger charge is -2.30. The van der Waals surface area contributed by atoms with E-state index in [-0.39, 0.29) is 5.41 Å². The van der Waals surface area contributed by atoms with Gasteiger partial charge >= 0.3 is 0 Å². The summed E-state index contributed by atoms with van der Waals surface area (Å²) >= 11 is 0. The van der Waals surface area contributed by atoms with Crippen molar-refractivity contribution in [3.63, 3.8) is 0 Å². The predicted octanol–water partition coefficient (Wildman–Crippen LogP) is 3.93. The summed E-state index contributed by atoms with van der Waals surface area (Å²) in [5.41, 5.74) is 3.09. The lowest BCUT2D eigenvalue weighted by Crippen LogP contribution is -2.36. The lowest BCUT2D eigenvalue weighted by atomic mass is 9.87. The van der Waals surface area contributed by atoms with Gasteiger partial charge in [-0.3, -0.25) is 4.72 Å². The van der Waals surface area contributed by atoms with Gasteiger partial charge in [0, 0.05) is 13.1 Å². The van der Waals surface area contributed by atoms with E-state index in [4.69, 9.17) is 4.74 Å². The van der Waals surface area contributed by atoms with Crippen molar-refractivity contribution in [1.82, 2.24) is 0 Å². The maximum Gasteiger partial charge on any atom is 0.262 e. The Kier molecular flexibility index (Phi) is 5.49. The van der Waals surface area contributed by atoms with Gasteiger partial charge in [0.15, 0.2) is 0 Å². The molecule has 2 aromatic rings. The molecule has 1 aliphatic heterocycles. The summed E-state index contributed by atoms with van der Waals surface area (Å²) in [6.45, 7) is 10.9. The smallest absolute Gasteiger partial charge is 0.262 e. The third-order valence-corrected chi connectivity index (χ3v) is 6.35. The maximum atomic E-state index is 13.2. The van der Waals surface area contributed by atoms with Crippen molar-refractivity contribution in [3.05, 3.63) is 53.6 Å². The number of hydrogen-bond donors (Lipinski definition) is 1. The monoisotopic (exact) mass is 388 g/mol. The molecule has 6 heteroatoms. The average molecular weight is 389 g/mol. The van der Waals surface area contributed by atoms with Gasteiger partial charge < -0.3 is 9.64 Å². The van der Waals surface area contributed by atoms with Crippen LogP contribution in [0.5, 0.6) is 0 Å². The van der Waals surface area contributed by atoms with E-state index >= 15 is 0 Å². The van der Waals surface area contributed by atoms with Gasteiger partial charge in [-0.2, -0.15) is 0 Å². The number of nitrogens with one attached hydrogen (secondary N) is 1. The van der Waals surface area contributed by atoms with Crippen molar-refractivity contribution in [2.24, 2.45) is 0 Å². The van der Waals surface area contributed by atoms with Crippen LogP contribution in [0.15, 0.2) is 47.4 Å². The predicted molar refractivity (Wildman–Crippen MR) is 110 cm³/mol. The largest absolute Gasteiger partial charge is 0.378 e. The van der Waals surface area contributed by atoms with E-state index in [1.807, 2.05) is 43.3 Å². The third-order valence-electron chi connectivity index (χ3n) is 4.84. The molecule has 3 rings (SSSR count). The quantitative estimate of drug-likeness (QED) is 0.862. The van der Waals surface area contributed by atoms with Gasteiger partial charge in [-0.15, -0.1) is 0 Å². The SMILES string of the molecule is Cc1ccc(C(C)(C)C)cc1S(=O)(=O)Nc1ccccc1N1CCOCC1. The molecule has 0 aromatic heterocycles. The van der Waals surface area contributed by atoms with Crippen molar-refractivity contribution in [1.29, 1.82) is 0 Å². The zero-order valence-electron chi connectivity index (χ0n) is 16.5. The Morgan fingerprint density at radius 1 is 1.04 bits per heavy atom. The van der Waals surface area contributed by atoms with Crippen molar-refractivity contribution in [3.8, 4) is 0 Å². The van der Waals surface area contributed by atoms with Crippen LogP contribution in [0.3, 0.4) is 0 Å². The van der Waals surface area contributed by atoms with E-state index in [1.54, 1.807) is 6.07 Å². The molecule has 0 aliphatic carbocycles. The zero-order valence-corrected chi connectivity index (χ0v) is 17.3. The molecule has 1 saturated heterocycles. The lowest BCUT2D eigenvalue weighted by molar-refractivity contribution is 0.123. The summed E-state index contributed by atoms with van der Waals surface area (Å²) in [6.07, 6.45) is 0. The van der Waals surface area contributed by atoms with Crippen LogP contribution >= 0.6 is 0 Å². The molecule has 0 radical (unpaired) electrons. The van der Waals surface area contributed by atoms with Crippen molar-refractivity contribution < 1.29 is 13.2 Å². The Bertz CT molecular complexity index is 911. The minimum atomic E-state index is -3.70. The van der Waals surface area contributed by atoms with Crippen LogP contribution in [0.1, 0.15) is 31.9 Å². The van der Waals surface area contributed by atoms with Crippen LogP contribution in [0.4, 0.5) is 11.4 Å². The number of benzene rings is 2. The second-order valence-electron chi connectivity index (χ2n) is 7.95. The highest BCUT2D eigenvalue weighted by molar-refractivity contribution is 7.92. The topological polar surface area (TPSA) is 58.6 Å². The van der Waals surface area contributed by atoms with Crippen molar-refractivity contribution in [2.75, 3.05) is 35.9 Å². The molecule has 2 aromatic carbocycles. The molecule has 0 amide bonds. The summed E-state index contributed by atoms with van der Waals surface area (Å²) in [4.78, 5) is 2.48. The number of nitrogens with zero attached hydrogens (tertiary/aromatic N) is 1. The number of sulfonamides is 1. The van der Waals surface area contributed by atoms with E-state index < -0.39 is 10.0 Å². The van der Waals surface area contributed by atoms with E-state index in [9.17, 15) is 8.42 Å². The summed E-state index contributed by atoms with van der Waals surface area (Å²) in [6, 6.07) is 13.2. The Morgan fingerprint density at radius 3 is 2.37 bits per heavy atom. The van der Waals surface area contributed by atoms with E-state index in [0.717, 1.165) is 29.9 Å². The molecule has 1 heterocycles. The van der Waals surface area contributed by atoms with Gasteiger partial charge in [0.2, 0.25) is 0 Å². The number of anilines is 2. The number of ether oxygens (including phenoxy) is 1. The van der Waals surface area contributed by atoms with Gasteiger partial charge in [0.05, 0.1) is 29.5 Å². The fourth-order valence-electron chi connectivity index (χ4n) is 3.20. The first kappa shape index (κ1) is 19.7. The summed E-state index contributed by atoms with van der Waals surface area (Å²) < 4.78 is 34.6. The average Bonchev–Trinajstić information content (AvgIpc) is 2.62. The minimum Gasteiger partial charge on any atom is -0.378 e. The summed E-state index contributed by atoms with van der Waals surface area (Å²) in [7, 11) is -3.70. The first-order chi connectivity index (χ1) is 12.7. The molecule has 1 N–H and O–H groups in total. The Morgan fingerprint density at radius 2 is 1.70 bits per heavy atom. The molecule has 146 valence electrons. The highest BCUT2D eigenvalue weighted by Gasteiger charge is 2.23. The Labute approximate surface area is 162 Å². The van der Waals surface area contributed by atoms with Crippen molar-refractivity contribution >= 4 is 21.4 Å². The van der Waals surface area contributed by atoms with Crippen LogP contribution in [0, 0.1) is 6.92 Å². The molecule has 0 atom stereocenters. The zero-order chi connectivity index (χ0) is 19.7.